The summed E-state index contributed by atoms with van der Waals surface area (Å²) >= 11 is 0. The van der Waals surface area contributed by atoms with Crippen molar-refractivity contribution in [3.8, 4) is 0 Å². The summed E-state index contributed by atoms with van der Waals surface area (Å²) in [5.41, 5.74) is 4.65. The van der Waals surface area contributed by atoms with Gasteiger partial charge in [-0.2, -0.15) is 0 Å². The van der Waals surface area contributed by atoms with Gasteiger partial charge in [0.1, 0.15) is 0 Å². The summed E-state index contributed by atoms with van der Waals surface area (Å²) in [5, 5.41) is 3.30. The molecule has 0 unspecified atom stereocenters. The summed E-state index contributed by atoms with van der Waals surface area (Å²) in [7, 11) is 0. The van der Waals surface area contributed by atoms with Gasteiger partial charge in [0.2, 0.25) is 0 Å². The van der Waals surface area contributed by atoms with E-state index in [9.17, 15) is 4.39 Å². The van der Waals surface area contributed by atoms with Gasteiger partial charge in [-0.1, -0.05) is 62.9 Å². The lowest BCUT2D eigenvalue weighted by Crippen LogP contribution is -2.03. The van der Waals surface area contributed by atoms with Crippen LogP contribution >= 0.6 is 0 Å². The molecule has 1 aromatic carbocycles. The van der Waals surface area contributed by atoms with Crippen LogP contribution in [0.5, 0.6) is 0 Å². The zero-order valence-corrected chi connectivity index (χ0v) is 13.8. The molecule has 0 aliphatic carbocycles. The third-order valence-corrected chi connectivity index (χ3v) is 3.42. The van der Waals surface area contributed by atoms with E-state index in [-0.39, 0.29) is 0 Å². The standard InChI is InChI=1S/C15H15N.C5H11F/c1-3-13-7-9-14(10-8-13)15-6-4-5-12(2)11-16-15;1-3-5(6)4-2/h3-11,16H,1H2,2H3;5H,3-4H2,1-2H3. The van der Waals surface area contributed by atoms with Crippen LogP contribution in [0.1, 0.15) is 44.7 Å². The minimum Gasteiger partial charge on any atom is -0.361 e. The van der Waals surface area contributed by atoms with Crippen LogP contribution in [0.4, 0.5) is 4.39 Å². The zero-order valence-electron chi connectivity index (χ0n) is 13.8. The van der Waals surface area contributed by atoms with Crippen molar-refractivity contribution >= 4 is 11.8 Å². The molecule has 1 aromatic rings. The topological polar surface area (TPSA) is 12.0 Å². The molecule has 0 saturated heterocycles. The van der Waals surface area contributed by atoms with E-state index in [4.69, 9.17) is 0 Å². The average Bonchev–Trinajstić information content (AvgIpc) is 2.79. The molecule has 22 heavy (non-hydrogen) atoms. The molecule has 0 fully saturated rings. The summed E-state index contributed by atoms with van der Waals surface area (Å²) in [4.78, 5) is 0. The minimum atomic E-state index is -0.565. The SMILES string of the molecule is C=Cc1ccc(C2=CC=CC(C)=CN2)cc1.CCC(F)CC. The Balaban J connectivity index is 0.000000346. The molecule has 0 bridgehead atoms. The maximum atomic E-state index is 11.9. The fourth-order valence-corrected chi connectivity index (χ4v) is 1.85. The molecule has 2 heteroatoms. The van der Waals surface area contributed by atoms with Crippen molar-refractivity contribution in [1.29, 1.82) is 0 Å². The van der Waals surface area contributed by atoms with E-state index in [1.165, 1.54) is 11.1 Å². The van der Waals surface area contributed by atoms with Crippen LogP contribution < -0.4 is 5.32 Å². The van der Waals surface area contributed by atoms with Gasteiger partial charge in [-0.3, -0.25) is 0 Å². The Hall–Kier alpha value is -2.09. The minimum absolute atomic E-state index is 0.565. The number of halogens is 1. The lowest BCUT2D eigenvalue weighted by molar-refractivity contribution is 0.316. The van der Waals surface area contributed by atoms with E-state index in [0.29, 0.717) is 12.8 Å². The van der Waals surface area contributed by atoms with E-state index in [1.807, 2.05) is 26.1 Å². The van der Waals surface area contributed by atoms with Crippen molar-refractivity contribution in [2.24, 2.45) is 0 Å². The molecule has 1 aliphatic heterocycles. The Morgan fingerprint density at radius 1 is 1.18 bits per heavy atom. The van der Waals surface area contributed by atoms with Crippen LogP contribution in [-0.2, 0) is 0 Å². The number of nitrogens with one attached hydrogen (secondary N) is 1. The number of alkyl halides is 1. The van der Waals surface area contributed by atoms with Crippen LogP contribution in [0, 0.1) is 0 Å². The Kier molecular flexibility index (Phi) is 7.98. The van der Waals surface area contributed by atoms with Gasteiger partial charge in [0.15, 0.2) is 0 Å². The molecule has 118 valence electrons. The first-order valence-corrected chi connectivity index (χ1v) is 7.79. The highest BCUT2D eigenvalue weighted by molar-refractivity contribution is 5.68. The Labute approximate surface area is 133 Å². The first-order chi connectivity index (χ1) is 10.6. The van der Waals surface area contributed by atoms with Crippen molar-refractivity contribution < 1.29 is 4.39 Å². The summed E-state index contributed by atoms with van der Waals surface area (Å²) in [6.45, 7) is 9.53. The highest BCUT2D eigenvalue weighted by Gasteiger charge is 2.00. The molecule has 1 aliphatic rings. The smallest absolute Gasteiger partial charge is 0.0996 e. The molecule has 0 aromatic heterocycles. The second-order valence-corrected chi connectivity index (χ2v) is 5.21. The highest BCUT2D eigenvalue weighted by atomic mass is 19.1. The van der Waals surface area contributed by atoms with Gasteiger partial charge < -0.3 is 5.32 Å². The molecule has 0 saturated carbocycles. The van der Waals surface area contributed by atoms with Crippen molar-refractivity contribution in [2.45, 2.75) is 39.8 Å². The van der Waals surface area contributed by atoms with Crippen LogP contribution in [-0.4, -0.2) is 6.17 Å². The van der Waals surface area contributed by atoms with Gasteiger partial charge in [0, 0.05) is 11.9 Å². The van der Waals surface area contributed by atoms with E-state index < -0.39 is 6.17 Å². The summed E-state index contributed by atoms with van der Waals surface area (Å²) in [6.07, 6.45) is 10.8. The number of rotatable bonds is 4. The lowest BCUT2D eigenvalue weighted by Gasteiger charge is -2.06. The number of allylic oxidation sites excluding steroid dienone is 4. The number of hydrogen-bond donors (Lipinski definition) is 1. The van der Waals surface area contributed by atoms with Crippen LogP contribution in [0.2, 0.25) is 0 Å². The predicted molar refractivity (Wildman–Crippen MR) is 96.0 cm³/mol. The maximum Gasteiger partial charge on any atom is 0.0996 e. The average molecular weight is 299 g/mol. The normalized spacial score (nSPS) is 13.3. The molecule has 1 nitrogen and oxygen atoms in total. The zero-order chi connectivity index (χ0) is 16.4. The van der Waals surface area contributed by atoms with E-state index in [0.717, 1.165) is 11.3 Å². The molecule has 0 amide bonds. The summed E-state index contributed by atoms with van der Waals surface area (Å²) < 4.78 is 11.9. The van der Waals surface area contributed by atoms with Gasteiger partial charge in [0.25, 0.3) is 0 Å². The molecule has 0 spiro atoms. The highest BCUT2D eigenvalue weighted by Crippen LogP contribution is 2.15. The van der Waals surface area contributed by atoms with Crippen molar-refractivity contribution in [2.75, 3.05) is 0 Å². The Morgan fingerprint density at radius 2 is 1.82 bits per heavy atom. The Bertz CT molecular complexity index is 543. The third kappa shape index (κ3) is 6.13. The van der Waals surface area contributed by atoms with Crippen LogP contribution in [0.25, 0.3) is 11.8 Å². The fourth-order valence-electron chi connectivity index (χ4n) is 1.85. The van der Waals surface area contributed by atoms with Gasteiger partial charge in [-0.15, -0.1) is 0 Å². The van der Waals surface area contributed by atoms with Crippen molar-refractivity contribution in [3.05, 3.63) is 72.0 Å². The monoisotopic (exact) mass is 299 g/mol. The van der Waals surface area contributed by atoms with Crippen LogP contribution in [0.15, 0.2) is 60.8 Å². The third-order valence-electron chi connectivity index (χ3n) is 3.42. The first kappa shape index (κ1) is 18.0. The lowest BCUT2D eigenvalue weighted by atomic mass is 10.1. The van der Waals surface area contributed by atoms with Crippen molar-refractivity contribution in [1.82, 2.24) is 5.32 Å². The number of benzene rings is 1. The molecule has 1 heterocycles. The van der Waals surface area contributed by atoms with Crippen LogP contribution in [0.3, 0.4) is 0 Å². The van der Waals surface area contributed by atoms with Gasteiger partial charge in [0.05, 0.1) is 6.17 Å². The molecule has 0 atom stereocenters. The molecular weight excluding hydrogens is 273 g/mol. The van der Waals surface area contributed by atoms with Crippen molar-refractivity contribution in [3.63, 3.8) is 0 Å². The summed E-state index contributed by atoms with van der Waals surface area (Å²) in [5.74, 6) is 0. The number of hydrogen-bond acceptors (Lipinski definition) is 1. The second-order valence-electron chi connectivity index (χ2n) is 5.21. The van der Waals surface area contributed by atoms with Gasteiger partial charge >= 0.3 is 0 Å². The van der Waals surface area contributed by atoms with Gasteiger partial charge in [-0.25, -0.2) is 4.39 Å². The van der Waals surface area contributed by atoms with E-state index in [2.05, 4.69) is 61.3 Å². The maximum absolute atomic E-state index is 11.9. The first-order valence-electron chi connectivity index (χ1n) is 7.79. The van der Waals surface area contributed by atoms with E-state index >= 15 is 0 Å². The largest absolute Gasteiger partial charge is 0.361 e. The second kappa shape index (κ2) is 9.78. The van der Waals surface area contributed by atoms with E-state index in [1.54, 1.807) is 0 Å². The fraction of sp³-hybridized carbons (Fsp3) is 0.300. The molecular formula is C20H26FN. The summed E-state index contributed by atoms with van der Waals surface area (Å²) in [6, 6.07) is 8.32. The molecule has 0 radical (unpaired) electrons. The van der Waals surface area contributed by atoms with Gasteiger partial charge in [-0.05, 0) is 42.5 Å². The predicted octanol–water partition coefficient (Wildman–Crippen LogP) is 5.88. The molecule has 2 rings (SSSR count). The Morgan fingerprint density at radius 3 is 2.32 bits per heavy atom. The quantitative estimate of drug-likeness (QED) is 0.732. The molecule has 1 N–H and O–H groups in total.